The van der Waals surface area contributed by atoms with E-state index in [1.165, 1.54) is 5.56 Å². The Morgan fingerprint density at radius 1 is 1.38 bits per heavy atom. The minimum atomic E-state index is 0.374. The van der Waals surface area contributed by atoms with Gasteiger partial charge in [0.25, 0.3) is 0 Å². The molecule has 1 aromatic heterocycles. The van der Waals surface area contributed by atoms with E-state index in [-0.39, 0.29) is 0 Å². The van der Waals surface area contributed by atoms with E-state index >= 15 is 0 Å². The Morgan fingerprint density at radius 3 is 2.69 bits per heavy atom. The molecule has 2 rings (SSSR count). The summed E-state index contributed by atoms with van der Waals surface area (Å²) in [6, 6.07) is 7.95. The van der Waals surface area contributed by atoms with Crippen molar-refractivity contribution < 1.29 is 0 Å². The summed E-state index contributed by atoms with van der Waals surface area (Å²) in [5, 5.41) is 5.26. The van der Waals surface area contributed by atoms with Gasteiger partial charge in [-0.1, -0.05) is 23.7 Å². The predicted octanol–water partition coefficient (Wildman–Crippen LogP) is 3.04. The Morgan fingerprint density at radius 2 is 2.12 bits per heavy atom. The van der Waals surface area contributed by atoms with Gasteiger partial charge in [0.2, 0.25) is 0 Å². The van der Waals surface area contributed by atoms with Crippen LogP contribution >= 0.6 is 23.4 Å². The van der Waals surface area contributed by atoms with E-state index in [1.54, 1.807) is 24.4 Å². The zero-order valence-corrected chi connectivity index (χ0v) is 10.4. The summed E-state index contributed by atoms with van der Waals surface area (Å²) in [7, 11) is 0. The van der Waals surface area contributed by atoms with Crippen molar-refractivity contribution in [3.8, 4) is 0 Å². The van der Waals surface area contributed by atoms with Crippen LogP contribution in [0.1, 0.15) is 10.8 Å². The first-order valence-corrected chi connectivity index (χ1v) is 6.57. The Balaban J connectivity index is 2.13. The van der Waals surface area contributed by atoms with Gasteiger partial charge in [-0.05, 0) is 24.0 Å². The molecule has 1 unspecified atom stereocenters. The number of nitrogens with zero attached hydrogens (tertiary/aromatic N) is 3. The molecule has 0 fully saturated rings. The third-order valence-corrected chi connectivity index (χ3v) is 3.59. The minimum absolute atomic E-state index is 0.374. The molecule has 0 spiro atoms. The minimum Gasteiger partial charge on any atom is -0.252 e. The number of halogens is 1. The molecule has 84 valence electrons. The van der Waals surface area contributed by atoms with Crippen LogP contribution in [0.25, 0.3) is 0 Å². The van der Waals surface area contributed by atoms with Gasteiger partial charge >= 0.3 is 0 Å². The Labute approximate surface area is 104 Å². The molecule has 0 bridgehead atoms. The quantitative estimate of drug-likeness (QED) is 0.839. The van der Waals surface area contributed by atoms with Crippen LogP contribution in [0, 0.1) is 0 Å². The molecule has 1 heterocycles. The monoisotopic (exact) mass is 253 g/mol. The predicted molar refractivity (Wildman–Crippen MR) is 67.7 cm³/mol. The molecular weight excluding hydrogens is 242 g/mol. The lowest BCUT2D eigenvalue weighted by molar-refractivity contribution is 0.605. The highest BCUT2D eigenvalue weighted by atomic mass is 35.5. The third-order valence-electron chi connectivity index (χ3n) is 2.35. The molecule has 0 radical (unpaired) electrons. The van der Waals surface area contributed by atoms with E-state index in [1.807, 2.05) is 16.8 Å². The van der Waals surface area contributed by atoms with E-state index in [2.05, 4.69) is 28.5 Å². The number of hydrogen-bond acceptors (Lipinski definition) is 3. The van der Waals surface area contributed by atoms with Crippen LogP contribution in [0.2, 0.25) is 5.02 Å². The fourth-order valence-corrected chi connectivity index (χ4v) is 2.35. The SMILES string of the molecule is CSC(Cn1cncn1)c1ccc(Cl)cc1. The summed E-state index contributed by atoms with van der Waals surface area (Å²) in [6.07, 6.45) is 5.38. The third kappa shape index (κ3) is 2.77. The second kappa shape index (κ2) is 5.37. The molecule has 3 nitrogen and oxygen atoms in total. The molecule has 1 aromatic carbocycles. The standard InChI is InChI=1S/C11H12ClN3S/c1-16-11(6-15-8-13-7-14-15)9-2-4-10(12)5-3-9/h2-5,7-8,11H,6H2,1H3. The average Bonchev–Trinajstić information content (AvgIpc) is 2.80. The van der Waals surface area contributed by atoms with Crippen LogP contribution in [0.5, 0.6) is 0 Å². The largest absolute Gasteiger partial charge is 0.252 e. The van der Waals surface area contributed by atoms with Crippen LogP contribution < -0.4 is 0 Å². The number of hydrogen-bond donors (Lipinski definition) is 0. The van der Waals surface area contributed by atoms with Gasteiger partial charge in [0.05, 0.1) is 6.54 Å². The number of thioether (sulfide) groups is 1. The van der Waals surface area contributed by atoms with Crippen molar-refractivity contribution in [2.24, 2.45) is 0 Å². The molecule has 0 saturated heterocycles. The highest BCUT2D eigenvalue weighted by Gasteiger charge is 2.10. The smallest absolute Gasteiger partial charge is 0.137 e. The topological polar surface area (TPSA) is 30.7 Å². The van der Waals surface area contributed by atoms with E-state index in [0.29, 0.717) is 5.25 Å². The van der Waals surface area contributed by atoms with Gasteiger partial charge in [-0.3, -0.25) is 4.68 Å². The zero-order valence-electron chi connectivity index (χ0n) is 8.88. The molecule has 0 aliphatic rings. The molecule has 0 amide bonds. The van der Waals surface area contributed by atoms with Crippen molar-refractivity contribution in [1.29, 1.82) is 0 Å². The second-order valence-electron chi connectivity index (χ2n) is 3.39. The number of rotatable bonds is 4. The lowest BCUT2D eigenvalue weighted by atomic mass is 10.1. The first-order valence-electron chi connectivity index (χ1n) is 4.90. The fraction of sp³-hybridized carbons (Fsp3) is 0.273. The number of aromatic nitrogens is 3. The van der Waals surface area contributed by atoms with Crippen molar-refractivity contribution in [3.05, 3.63) is 47.5 Å². The van der Waals surface area contributed by atoms with E-state index in [0.717, 1.165) is 11.6 Å². The normalized spacial score (nSPS) is 12.6. The zero-order chi connectivity index (χ0) is 11.4. The molecule has 2 aromatic rings. The summed E-state index contributed by atoms with van der Waals surface area (Å²) in [6.45, 7) is 0.822. The van der Waals surface area contributed by atoms with Crippen molar-refractivity contribution in [3.63, 3.8) is 0 Å². The molecule has 0 N–H and O–H groups in total. The highest BCUT2D eigenvalue weighted by molar-refractivity contribution is 7.98. The molecule has 1 atom stereocenters. The first kappa shape index (κ1) is 11.5. The maximum atomic E-state index is 5.87. The molecule has 5 heteroatoms. The van der Waals surface area contributed by atoms with Gasteiger partial charge in [-0.25, -0.2) is 4.98 Å². The van der Waals surface area contributed by atoms with Gasteiger partial charge in [-0.15, -0.1) is 0 Å². The van der Waals surface area contributed by atoms with Crippen LogP contribution in [0.15, 0.2) is 36.9 Å². The van der Waals surface area contributed by atoms with Crippen LogP contribution in [0.4, 0.5) is 0 Å². The maximum absolute atomic E-state index is 5.87. The summed E-state index contributed by atoms with van der Waals surface area (Å²) < 4.78 is 1.84. The van der Waals surface area contributed by atoms with Gasteiger partial charge < -0.3 is 0 Å². The summed E-state index contributed by atoms with van der Waals surface area (Å²) >= 11 is 7.66. The van der Waals surface area contributed by atoms with Crippen LogP contribution in [-0.4, -0.2) is 21.0 Å². The molecular formula is C11H12ClN3S. The van der Waals surface area contributed by atoms with Crippen LogP contribution in [-0.2, 0) is 6.54 Å². The summed E-state index contributed by atoms with van der Waals surface area (Å²) in [5.41, 5.74) is 1.26. The lowest BCUT2D eigenvalue weighted by Crippen LogP contribution is -2.06. The van der Waals surface area contributed by atoms with E-state index in [4.69, 9.17) is 11.6 Å². The van der Waals surface area contributed by atoms with Crippen molar-refractivity contribution >= 4 is 23.4 Å². The van der Waals surface area contributed by atoms with Gasteiger partial charge in [0.1, 0.15) is 12.7 Å². The van der Waals surface area contributed by atoms with Gasteiger partial charge in [-0.2, -0.15) is 16.9 Å². The number of benzene rings is 1. The average molecular weight is 254 g/mol. The first-order chi connectivity index (χ1) is 7.79. The maximum Gasteiger partial charge on any atom is 0.137 e. The van der Waals surface area contributed by atoms with E-state index in [9.17, 15) is 0 Å². The Hall–Kier alpha value is -1.00. The Bertz CT molecular complexity index is 427. The van der Waals surface area contributed by atoms with Gasteiger partial charge in [0.15, 0.2) is 0 Å². The highest BCUT2D eigenvalue weighted by Crippen LogP contribution is 2.28. The van der Waals surface area contributed by atoms with E-state index < -0.39 is 0 Å². The fourth-order valence-electron chi connectivity index (χ4n) is 1.49. The molecule has 16 heavy (non-hydrogen) atoms. The molecule has 0 aliphatic carbocycles. The molecule has 0 saturated carbocycles. The summed E-state index contributed by atoms with van der Waals surface area (Å²) in [4.78, 5) is 3.94. The van der Waals surface area contributed by atoms with Crippen molar-refractivity contribution in [2.75, 3.05) is 6.26 Å². The Kier molecular flexibility index (Phi) is 3.85. The van der Waals surface area contributed by atoms with Crippen molar-refractivity contribution in [1.82, 2.24) is 14.8 Å². The lowest BCUT2D eigenvalue weighted by Gasteiger charge is -2.14. The van der Waals surface area contributed by atoms with Gasteiger partial charge in [0, 0.05) is 10.3 Å². The van der Waals surface area contributed by atoms with Crippen LogP contribution in [0.3, 0.4) is 0 Å². The molecule has 0 aliphatic heterocycles. The second-order valence-corrected chi connectivity index (χ2v) is 4.87. The summed E-state index contributed by atoms with van der Waals surface area (Å²) in [5.74, 6) is 0. The van der Waals surface area contributed by atoms with Crippen molar-refractivity contribution in [2.45, 2.75) is 11.8 Å².